The summed E-state index contributed by atoms with van der Waals surface area (Å²) in [6.07, 6.45) is 0. The Morgan fingerprint density at radius 1 is 1.44 bits per heavy atom. The SMILES string of the molecule is CC1CN(c2nc(Cl)ccc2N)CCN1C. The van der Waals surface area contributed by atoms with Crippen LogP contribution in [0.3, 0.4) is 0 Å². The molecule has 0 saturated carbocycles. The summed E-state index contributed by atoms with van der Waals surface area (Å²) in [5.41, 5.74) is 6.62. The molecule has 1 aliphatic rings. The highest BCUT2D eigenvalue weighted by atomic mass is 35.5. The molecule has 1 aliphatic heterocycles. The summed E-state index contributed by atoms with van der Waals surface area (Å²) in [5.74, 6) is 0.812. The van der Waals surface area contributed by atoms with E-state index in [4.69, 9.17) is 17.3 Å². The molecular formula is C11H17ClN4. The number of aromatic nitrogens is 1. The van der Waals surface area contributed by atoms with Gasteiger partial charge in [0.2, 0.25) is 0 Å². The van der Waals surface area contributed by atoms with Gasteiger partial charge in [-0.2, -0.15) is 0 Å². The summed E-state index contributed by atoms with van der Waals surface area (Å²) >= 11 is 5.90. The Kier molecular flexibility index (Phi) is 3.21. The van der Waals surface area contributed by atoms with Crippen LogP contribution in [0.1, 0.15) is 6.92 Å². The minimum absolute atomic E-state index is 0.496. The number of nitrogens with zero attached hydrogens (tertiary/aromatic N) is 3. The van der Waals surface area contributed by atoms with Gasteiger partial charge in [0.25, 0.3) is 0 Å². The van der Waals surface area contributed by atoms with Crippen molar-refractivity contribution in [3.05, 3.63) is 17.3 Å². The Labute approximate surface area is 101 Å². The first kappa shape index (κ1) is 11.5. The number of rotatable bonds is 1. The second-order valence-electron chi connectivity index (χ2n) is 4.32. The molecule has 0 bridgehead atoms. The quantitative estimate of drug-likeness (QED) is 0.755. The number of nitrogens with two attached hydrogens (primary N) is 1. The first-order valence-electron chi connectivity index (χ1n) is 5.45. The van der Waals surface area contributed by atoms with Crippen LogP contribution in [0.5, 0.6) is 0 Å². The van der Waals surface area contributed by atoms with Crippen molar-refractivity contribution in [1.82, 2.24) is 9.88 Å². The number of pyridine rings is 1. The molecule has 1 fully saturated rings. The third kappa shape index (κ3) is 2.23. The fourth-order valence-electron chi connectivity index (χ4n) is 1.93. The number of hydrogen-bond acceptors (Lipinski definition) is 4. The van der Waals surface area contributed by atoms with Gasteiger partial charge in [0.1, 0.15) is 5.15 Å². The summed E-state index contributed by atoms with van der Waals surface area (Å²) < 4.78 is 0. The highest BCUT2D eigenvalue weighted by Gasteiger charge is 2.22. The Morgan fingerprint density at radius 3 is 2.88 bits per heavy atom. The molecule has 0 aliphatic carbocycles. The second-order valence-corrected chi connectivity index (χ2v) is 4.71. The third-order valence-corrected chi connectivity index (χ3v) is 3.34. The van der Waals surface area contributed by atoms with Gasteiger partial charge in [-0.3, -0.25) is 0 Å². The lowest BCUT2D eigenvalue weighted by molar-refractivity contribution is 0.233. The lowest BCUT2D eigenvalue weighted by atomic mass is 10.2. The zero-order chi connectivity index (χ0) is 11.7. The summed E-state index contributed by atoms with van der Waals surface area (Å²) in [5, 5.41) is 0.496. The molecule has 5 heteroatoms. The van der Waals surface area contributed by atoms with Crippen molar-refractivity contribution in [2.24, 2.45) is 0 Å². The molecule has 2 rings (SSSR count). The Bertz CT molecular complexity index is 382. The van der Waals surface area contributed by atoms with Gasteiger partial charge in [0, 0.05) is 25.7 Å². The van der Waals surface area contributed by atoms with Crippen LogP contribution < -0.4 is 10.6 Å². The second kappa shape index (κ2) is 4.47. The van der Waals surface area contributed by atoms with E-state index in [1.165, 1.54) is 0 Å². The molecule has 4 nitrogen and oxygen atoms in total. The van der Waals surface area contributed by atoms with Crippen LogP contribution in [0, 0.1) is 0 Å². The fraction of sp³-hybridized carbons (Fsp3) is 0.545. The molecular weight excluding hydrogens is 224 g/mol. The molecule has 0 radical (unpaired) electrons. The molecule has 1 unspecified atom stereocenters. The summed E-state index contributed by atoms with van der Waals surface area (Å²) in [4.78, 5) is 8.83. The van der Waals surface area contributed by atoms with Crippen molar-refractivity contribution in [3.63, 3.8) is 0 Å². The molecule has 1 aromatic rings. The van der Waals surface area contributed by atoms with E-state index in [-0.39, 0.29) is 0 Å². The maximum absolute atomic E-state index is 5.92. The van der Waals surface area contributed by atoms with Crippen molar-refractivity contribution in [3.8, 4) is 0 Å². The Balaban J connectivity index is 2.21. The van der Waals surface area contributed by atoms with E-state index in [2.05, 4.69) is 28.8 Å². The van der Waals surface area contributed by atoms with Gasteiger partial charge in [-0.1, -0.05) is 11.6 Å². The predicted octanol–water partition coefficient (Wildman–Crippen LogP) is 1.46. The normalized spacial score (nSPS) is 22.4. The predicted molar refractivity (Wildman–Crippen MR) is 68.0 cm³/mol. The fourth-order valence-corrected chi connectivity index (χ4v) is 2.07. The van der Waals surface area contributed by atoms with Crippen LogP contribution >= 0.6 is 11.6 Å². The zero-order valence-electron chi connectivity index (χ0n) is 9.65. The number of anilines is 2. The van der Waals surface area contributed by atoms with E-state index in [1.54, 1.807) is 6.07 Å². The van der Waals surface area contributed by atoms with Gasteiger partial charge >= 0.3 is 0 Å². The summed E-state index contributed by atoms with van der Waals surface area (Å²) in [6, 6.07) is 4.04. The molecule has 1 saturated heterocycles. The molecule has 2 N–H and O–H groups in total. The van der Waals surface area contributed by atoms with Crippen LogP contribution in [-0.4, -0.2) is 42.6 Å². The van der Waals surface area contributed by atoms with Crippen molar-refractivity contribution in [2.45, 2.75) is 13.0 Å². The standard InChI is InChI=1S/C11H17ClN4/c1-8-7-16(6-5-15(8)2)11-9(13)3-4-10(12)14-11/h3-4,8H,5-7,13H2,1-2H3. The molecule has 16 heavy (non-hydrogen) atoms. The van der Waals surface area contributed by atoms with Gasteiger partial charge in [-0.15, -0.1) is 0 Å². The van der Waals surface area contributed by atoms with Gasteiger partial charge in [0.05, 0.1) is 5.69 Å². The minimum Gasteiger partial charge on any atom is -0.396 e. The van der Waals surface area contributed by atoms with Crippen LogP contribution in [0.2, 0.25) is 5.15 Å². The first-order valence-corrected chi connectivity index (χ1v) is 5.83. The largest absolute Gasteiger partial charge is 0.396 e. The van der Waals surface area contributed by atoms with Crippen LogP contribution in [-0.2, 0) is 0 Å². The van der Waals surface area contributed by atoms with Crippen molar-refractivity contribution < 1.29 is 0 Å². The maximum Gasteiger partial charge on any atom is 0.153 e. The molecule has 1 atom stereocenters. The zero-order valence-corrected chi connectivity index (χ0v) is 10.4. The van der Waals surface area contributed by atoms with Crippen LogP contribution in [0.4, 0.5) is 11.5 Å². The molecule has 88 valence electrons. The van der Waals surface area contributed by atoms with E-state index < -0.39 is 0 Å². The van der Waals surface area contributed by atoms with Crippen molar-refractivity contribution in [2.75, 3.05) is 37.3 Å². The Hall–Kier alpha value is -1.00. The third-order valence-electron chi connectivity index (χ3n) is 3.13. The summed E-state index contributed by atoms with van der Waals surface area (Å²) in [6.45, 7) is 5.11. The molecule has 0 spiro atoms. The minimum atomic E-state index is 0.496. The smallest absolute Gasteiger partial charge is 0.153 e. The van der Waals surface area contributed by atoms with Crippen LogP contribution in [0.15, 0.2) is 12.1 Å². The van der Waals surface area contributed by atoms with Gasteiger partial charge in [-0.25, -0.2) is 4.98 Å². The molecule has 0 aromatic carbocycles. The number of piperazine rings is 1. The monoisotopic (exact) mass is 240 g/mol. The number of hydrogen-bond donors (Lipinski definition) is 1. The van der Waals surface area contributed by atoms with E-state index in [0.717, 1.165) is 25.5 Å². The topological polar surface area (TPSA) is 45.4 Å². The molecule has 1 aromatic heterocycles. The summed E-state index contributed by atoms with van der Waals surface area (Å²) in [7, 11) is 2.14. The lowest BCUT2D eigenvalue weighted by Crippen LogP contribution is -2.50. The van der Waals surface area contributed by atoms with Gasteiger partial charge in [0.15, 0.2) is 5.82 Å². The molecule has 0 amide bonds. The Morgan fingerprint density at radius 2 is 2.19 bits per heavy atom. The average molecular weight is 241 g/mol. The van der Waals surface area contributed by atoms with E-state index in [0.29, 0.717) is 16.9 Å². The highest BCUT2D eigenvalue weighted by molar-refractivity contribution is 6.29. The van der Waals surface area contributed by atoms with E-state index in [1.807, 2.05) is 6.07 Å². The molecule has 2 heterocycles. The van der Waals surface area contributed by atoms with Gasteiger partial charge < -0.3 is 15.5 Å². The first-order chi connectivity index (χ1) is 7.58. The van der Waals surface area contributed by atoms with Crippen LogP contribution in [0.25, 0.3) is 0 Å². The highest BCUT2D eigenvalue weighted by Crippen LogP contribution is 2.24. The van der Waals surface area contributed by atoms with E-state index in [9.17, 15) is 0 Å². The number of likely N-dealkylation sites (N-methyl/N-ethyl adjacent to an activating group) is 1. The average Bonchev–Trinajstić information content (AvgIpc) is 2.26. The number of nitrogen functional groups attached to an aromatic ring is 1. The van der Waals surface area contributed by atoms with Gasteiger partial charge in [-0.05, 0) is 26.1 Å². The van der Waals surface area contributed by atoms with E-state index >= 15 is 0 Å². The van der Waals surface area contributed by atoms with Crippen molar-refractivity contribution >= 4 is 23.1 Å². The lowest BCUT2D eigenvalue weighted by Gasteiger charge is -2.38. The number of halogens is 1. The van der Waals surface area contributed by atoms with Crippen molar-refractivity contribution in [1.29, 1.82) is 0 Å². The maximum atomic E-state index is 5.92.